The molecule has 0 bridgehead atoms. The van der Waals surface area contributed by atoms with E-state index >= 15 is 0 Å². The number of fused-ring (bicyclic) bond motifs is 2. The highest BCUT2D eigenvalue weighted by Gasteiger charge is 2.48. The van der Waals surface area contributed by atoms with Gasteiger partial charge in [-0.15, -0.1) is 6.58 Å². The van der Waals surface area contributed by atoms with Crippen LogP contribution < -0.4 is 4.74 Å². The Bertz CT molecular complexity index is 941. The Labute approximate surface area is 205 Å². The Hall–Kier alpha value is -2.17. The van der Waals surface area contributed by atoms with Crippen LogP contribution in [0.25, 0.3) is 0 Å². The van der Waals surface area contributed by atoms with Crippen molar-refractivity contribution < 1.29 is 19.0 Å². The van der Waals surface area contributed by atoms with E-state index < -0.39 is 0 Å². The third-order valence-electron chi connectivity index (χ3n) is 7.98. The average Bonchev–Trinajstić information content (AvgIpc) is 2.97. The molecule has 4 nitrogen and oxygen atoms in total. The van der Waals surface area contributed by atoms with Gasteiger partial charge >= 0.3 is 0 Å². The first-order valence-electron chi connectivity index (χ1n) is 12.9. The summed E-state index contributed by atoms with van der Waals surface area (Å²) in [5.41, 5.74) is 5.14. The molecular formula is C30H40O4. The maximum atomic E-state index is 12.2. The molecule has 2 aliphatic carbocycles. The summed E-state index contributed by atoms with van der Waals surface area (Å²) in [6.45, 7) is 10.5. The normalized spacial score (nSPS) is 29.1. The number of methoxy groups -OCH3 is 1. The Morgan fingerprint density at radius 2 is 2.00 bits per heavy atom. The summed E-state index contributed by atoms with van der Waals surface area (Å²) in [6, 6.07) is 8.32. The molecule has 4 unspecified atom stereocenters. The Morgan fingerprint density at radius 3 is 2.71 bits per heavy atom. The SMILES string of the molecule is C=CCCOCC1(C)COC(c2ccc(OC)cc2)C2=C3CCC(=O)C=C3CCC2C1CCC. The van der Waals surface area contributed by atoms with Gasteiger partial charge in [0.1, 0.15) is 11.9 Å². The first-order valence-corrected chi connectivity index (χ1v) is 12.9. The van der Waals surface area contributed by atoms with Gasteiger partial charge in [0.25, 0.3) is 0 Å². The molecule has 0 amide bonds. The molecule has 3 aliphatic rings. The highest BCUT2D eigenvalue weighted by atomic mass is 16.5. The van der Waals surface area contributed by atoms with E-state index in [1.54, 1.807) is 7.11 Å². The molecule has 1 heterocycles. The third-order valence-corrected chi connectivity index (χ3v) is 7.98. The van der Waals surface area contributed by atoms with Crippen molar-refractivity contribution in [2.45, 2.75) is 64.9 Å². The number of carbonyl (C=O) groups excluding carboxylic acids is 1. The molecule has 1 aromatic rings. The van der Waals surface area contributed by atoms with Crippen LogP contribution in [-0.4, -0.2) is 32.7 Å². The summed E-state index contributed by atoms with van der Waals surface area (Å²) < 4.78 is 18.4. The summed E-state index contributed by atoms with van der Waals surface area (Å²) in [5.74, 6) is 2.02. The highest BCUT2D eigenvalue weighted by molar-refractivity contribution is 5.93. The second-order valence-electron chi connectivity index (χ2n) is 10.4. The van der Waals surface area contributed by atoms with E-state index in [1.807, 2.05) is 24.3 Å². The van der Waals surface area contributed by atoms with E-state index in [1.165, 1.54) is 22.3 Å². The standard InChI is InChI=1S/C30H40O4/c1-5-7-17-33-19-30(3)20-34-29(21-9-13-24(32-4)14-10-21)28-25-16-12-23(31)18-22(25)11-15-26(28)27(30)8-6-2/h5,9-10,13-14,18,26-27,29H,1,6-8,11-12,15-17,19-20H2,2-4H3. The van der Waals surface area contributed by atoms with Crippen molar-refractivity contribution in [1.82, 2.24) is 0 Å². The number of hydrogen-bond acceptors (Lipinski definition) is 4. The zero-order valence-corrected chi connectivity index (χ0v) is 21.1. The lowest BCUT2D eigenvalue weighted by atomic mass is 9.62. The summed E-state index contributed by atoms with van der Waals surface area (Å²) >= 11 is 0. The first kappa shape index (κ1) is 24.9. The maximum Gasteiger partial charge on any atom is 0.156 e. The lowest BCUT2D eigenvalue weighted by Gasteiger charge is -2.43. The number of hydrogen-bond donors (Lipinski definition) is 0. The Kier molecular flexibility index (Phi) is 8.10. The topological polar surface area (TPSA) is 44.8 Å². The van der Waals surface area contributed by atoms with Gasteiger partial charge in [0.2, 0.25) is 0 Å². The molecule has 4 heteroatoms. The van der Waals surface area contributed by atoms with Crippen LogP contribution in [-0.2, 0) is 14.3 Å². The predicted molar refractivity (Wildman–Crippen MR) is 136 cm³/mol. The molecule has 0 N–H and O–H groups in total. The molecule has 184 valence electrons. The van der Waals surface area contributed by atoms with Crippen LogP contribution in [0.1, 0.15) is 70.5 Å². The van der Waals surface area contributed by atoms with E-state index in [0.29, 0.717) is 38.1 Å². The van der Waals surface area contributed by atoms with E-state index in [0.717, 1.165) is 44.3 Å². The molecule has 0 aromatic heterocycles. The van der Waals surface area contributed by atoms with E-state index in [4.69, 9.17) is 14.2 Å². The number of rotatable bonds is 9. The summed E-state index contributed by atoms with van der Waals surface area (Å²) in [6.07, 6.45) is 10.4. The van der Waals surface area contributed by atoms with Crippen LogP contribution in [0.2, 0.25) is 0 Å². The van der Waals surface area contributed by atoms with E-state index in [9.17, 15) is 4.79 Å². The van der Waals surface area contributed by atoms with Crippen LogP contribution in [0.15, 0.2) is 59.7 Å². The quantitative estimate of drug-likeness (QED) is 0.298. The van der Waals surface area contributed by atoms with Crippen molar-refractivity contribution in [3.05, 3.63) is 65.3 Å². The van der Waals surface area contributed by atoms with Crippen molar-refractivity contribution in [2.75, 3.05) is 26.9 Å². The molecule has 4 atom stereocenters. The lowest BCUT2D eigenvalue weighted by Crippen LogP contribution is -2.40. The number of allylic oxidation sites excluding steroid dienone is 3. The minimum absolute atomic E-state index is 0.0689. The first-order chi connectivity index (χ1) is 16.5. The van der Waals surface area contributed by atoms with Gasteiger partial charge in [-0.25, -0.2) is 0 Å². The Balaban J connectivity index is 1.79. The molecule has 1 fully saturated rings. The molecule has 34 heavy (non-hydrogen) atoms. The number of carbonyl (C=O) groups is 1. The number of ether oxygens (including phenoxy) is 3. The predicted octanol–water partition coefficient (Wildman–Crippen LogP) is 6.78. The number of benzene rings is 1. The summed E-state index contributed by atoms with van der Waals surface area (Å²) in [4.78, 5) is 12.2. The van der Waals surface area contributed by atoms with Crippen molar-refractivity contribution in [1.29, 1.82) is 0 Å². The number of ketones is 1. The minimum Gasteiger partial charge on any atom is -0.497 e. The van der Waals surface area contributed by atoms with E-state index in [-0.39, 0.29) is 17.3 Å². The monoisotopic (exact) mass is 464 g/mol. The molecule has 0 saturated carbocycles. The second kappa shape index (κ2) is 11.0. The van der Waals surface area contributed by atoms with Crippen LogP contribution >= 0.6 is 0 Å². The van der Waals surface area contributed by atoms with Crippen LogP contribution in [0, 0.1) is 17.3 Å². The summed E-state index contributed by atoms with van der Waals surface area (Å²) in [5, 5.41) is 0. The molecule has 1 aromatic carbocycles. The average molecular weight is 465 g/mol. The fraction of sp³-hybridized carbons (Fsp3) is 0.567. The third kappa shape index (κ3) is 5.08. The van der Waals surface area contributed by atoms with Crippen LogP contribution in [0.5, 0.6) is 5.75 Å². The molecule has 4 rings (SSSR count). The van der Waals surface area contributed by atoms with Crippen molar-refractivity contribution in [3.63, 3.8) is 0 Å². The molecule has 0 radical (unpaired) electrons. The molecule has 1 aliphatic heterocycles. The largest absolute Gasteiger partial charge is 0.497 e. The zero-order chi connectivity index (χ0) is 24.1. The van der Waals surface area contributed by atoms with E-state index in [2.05, 4.69) is 32.6 Å². The maximum absolute atomic E-state index is 12.2. The Morgan fingerprint density at radius 1 is 1.21 bits per heavy atom. The van der Waals surface area contributed by atoms with Crippen molar-refractivity contribution >= 4 is 5.78 Å². The zero-order valence-electron chi connectivity index (χ0n) is 21.1. The van der Waals surface area contributed by atoms with Gasteiger partial charge in [-0.05, 0) is 84.4 Å². The fourth-order valence-electron chi connectivity index (χ4n) is 6.27. The van der Waals surface area contributed by atoms with Gasteiger partial charge < -0.3 is 14.2 Å². The van der Waals surface area contributed by atoms with Crippen molar-refractivity contribution in [2.24, 2.45) is 17.3 Å². The highest BCUT2D eigenvalue weighted by Crippen LogP contribution is 2.55. The van der Waals surface area contributed by atoms with Gasteiger partial charge in [0.05, 0.1) is 26.9 Å². The fourth-order valence-corrected chi connectivity index (χ4v) is 6.27. The van der Waals surface area contributed by atoms with Gasteiger partial charge in [-0.2, -0.15) is 0 Å². The molecule has 1 saturated heterocycles. The van der Waals surface area contributed by atoms with Gasteiger partial charge in [-0.3, -0.25) is 4.79 Å². The second-order valence-corrected chi connectivity index (χ2v) is 10.4. The van der Waals surface area contributed by atoms with Crippen LogP contribution in [0.3, 0.4) is 0 Å². The summed E-state index contributed by atoms with van der Waals surface area (Å²) in [7, 11) is 1.70. The molecular weight excluding hydrogens is 424 g/mol. The van der Waals surface area contributed by atoms with Gasteiger partial charge in [-0.1, -0.05) is 38.5 Å². The lowest BCUT2D eigenvalue weighted by molar-refractivity contribution is -0.114. The van der Waals surface area contributed by atoms with Crippen LogP contribution in [0.4, 0.5) is 0 Å². The molecule has 0 spiro atoms. The minimum atomic E-state index is -0.0998. The van der Waals surface area contributed by atoms with Crippen molar-refractivity contribution in [3.8, 4) is 5.75 Å². The smallest absolute Gasteiger partial charge is 0.156 e. The van der Waals surface area contributed by atoms with Gasteiger partial charge in [0, 0.05) is 11.8 Å². The van der Waals surface area contributed by atoms with Gasteiger partial charge in [0.15, 0.2) is 5.78 Å².